The van der Waals surface area contributed by atoms with Gasteiger partial charge in [-0.2, -0.15) is 0 Å². The van der Waals surface area contributed by atoms with Crippen molar-refractivity contribution in [3.05, 3.63) is 24.3 Å². The number of benzene rings is 1. The Hall–Kier alpha value is -0.670. The standard InChI is InChI=1S/C13H21NOS/c1-4-14-11(2)9-10-16-13-8-6-5-7-12(13)15-3/h5-8,11,14H,4,9-10H2,1-3H3. The van der Waals surface area contributed by atoms with Crippen molar-refractivity contribution < 1.29 is 4.74 Å². The van der Waals surface area contributed by atoms with Crippen LogP contribution in [0.1, 0.15) is 20.3 Å². The minimum atomic E-state index is 0.590. The number of para-hydroxylation sites is 1. The predicted molar refractivity (Wildman–Crippen MR) is 71.5 cm³/mol. The lowest BCUT2D eigenvalue weighted by Crippen LogP contribution is -2.25. The molecule has 0 spiro atoms. The molecular formula is C13H21NOS. The second-order valence-electron chi connectivity index (χ2n) is 3.75. The average molecular weight is 239 g/mol. The quantitative estimate of drug-likeness (QED) is 0.738. The summed E-state index contributed by atoms with van der Waals surface area (Å²) in [6.07, 6.45) is 1.18. The fraction of sp³-hybridized carbons (Fsp3) is 0.538. The molecule has 0 aliphatic heterocycles. The van der Waals surface area contributed by atoms with E-state index < -0.39 is 0 Å². The molecule has 0 aromatic heterocycles. The fourth-order valence-electron chi connectivity index (χ4n) is 1.53. The van der Waals surface area contributed by atoms with Crippen LogP contribution in [0.25, 0.3) is 0 Å². The Morgan fingerprint density at radius 3 is 2.81 bits per heavy atom. The molecular weight excluding hydrogens is 218 g/mol. The molecule has 16 heavy (non-hydrogen) atoms. The van der Waals surface area contributed by atoms with E-state index in [2.05, 4.69) is 31.3 Å². The van der Waals surface area contributed by atoms with Gasteiger partial charge in [0.05, 0.1) is 7.11 Å². The zero-order chi connectivity index (χ0) is 11.8. The molecule has 1 atom stereocenters. The van der Waals surface area contributed by atoms with Gasteiger partial charge >= 0.3 is 0 Å². The van der Waals surface area contributed by atoms with Gasteiger partial charge in [-0.15, -0.1) is 11.8 Å². The average Bonchev–Trinajstić information content (AvgIpc) is 2.30. The summed E-state index contributed by atoms with van der Waals surface area (Å²) in [5, 5.41) is 3.42. The Bertz CT molecular complexity index is 304. The van der Waals surface area contributed by atoms with Crippen LogP contribution >= 0.6 is 11.8 Å². The topological polar surface area (TPSA) is 21.3 Å². The molecule has 1 aromatic rings. The largest absolute Gasteiger partial charge is 0.496 e. The molecule has 1 unspecified atom stereocenters. The van der Waals surface area contributed by atoms with Gasteiger partial charge < -0.3 is 10.1 Å². The number of ether oxygens (including phenoxy) is 1. The first-order valence-corrected chi connectivity index (χ1v) is 6.75. The molecule has 1 aromatic carbocycles. The first-order valence-electron chi connectivity index (χ1n) is 5.77. The first-order chi connectivity index (χ1) is 7.77. The van der Waals surface area contributed by atoms with E-state index in [0.717, 1.165) is 18.0 Å². The second kappa shape index (κ2) is 7.58. The molecule has 2 nitrogen and oxygen atoms in total. The van der Waals surface area contributed by atoms with E-state index >= 15 is 0 Å². The monoisotopic (exact) mass is 239 g/mol. The van der Waals surface area contributed by atoms with Crippen molar-refractivity contribution in [3.8, 4) is 5.75 Å². The van der Waals surface area contributed by atoms with Gasteiger partial charge in [0, 0.05) is 10.9 Å². The minimum Gasteiger partial charge on any atom is -0.496 e. The zero-order valence-electron chi connectivity index (χ0n) is 10.3. The van der Waals surface area contributed by atoms with E-state index in [4.69, 9.17) is 4.74 Å². The SMILES string of the molecule is CCNC(C)CCSc1ccccc1OC. The van der Waals surface area contributed by atoms with Crippen LogP contribution in [0, 0.1) is 0 Å². The zero-order valence-corrected chi connectivity index (χ0v) is 11.1. The van der Waals surface area contributed by atoms with Gasteiger partial charge in [0.2, 0.25) is 0 Å². The number of hydrogen-bond acceptors (Lipinski definition) is 3. The lowest BCUT2D eigenvalue weighted by molar-refractivity contribution is 0.405. The summed E-state index contributed by atoms with van der Waals surface area (Å²) >= 11 is 1.86. The molecule has 1 N–H and O–H groups in total. The molecule has 0 radical (unpaired) electrons. The van der Waals surface area contributed by atoms with Gasteiger partial charge in [0.25, 0.3) is 0 Å². The number of rotatable bonds is 7. The van der Waals surface area contributed by atoms with Crippen LogP contribution in [0.2, 0.25) is 0 Å². The molecule has 0 saturated heterocycles. The maximum absolute atomic E-state index is 5.31. The molecule has 0 heterocycles. The molecule has 0 aliphatic rings. The number of nitrogens with one attached hydrogen (secondary N) is 1. The van der Waals surface area contributed by atoms with Crippen LogP contribution in [-0.4, -0.2) is 25.4 Å². The van der Waals surface area contributed by atoms with Gasteiger partial charge in [-0.25, -0.2) is 0 Å². The number of hydrogen-bond donors (Lipinski definition) is 1. The van der Waals surface area contributed by atoms with Crippen molar-refractivity contribution in [1.29, 1.82) is 0 Å². The maximum Gasteiger partial charge on any atom is 0.132 e. The molecule has 0 bridgehead atoms. The van der Waals surface area contributed by atoms with Crippen molar-refractivity contribution >= 4 is 11.8 Å². The van der Waals surface area contributed by atoms with E-state index in [1.807, 2.05) is 23.9 Å². The normalized spacial score (nSPS) is 12.4. The van der Waals surface area contributed by atoms with Crippen LogP contribution in [0.5, 0.6) is 5.75 Å². The Balaban J connectivity index is 2.36. The predicted octanol–water partition coefficient (Wildman–Crippen LogP) is 3.18. The summed E-state index contributed by atoms with van der Waals surface area (Å²) < 4.78 is 5.31. The van der Waals surface area contributed by atoms with Crippen LogP contribution in [-0.2, 0) is 0 Å². The summed E-state index contributed by atoms with van der Waals surface area (Å²) in [5.41, 5.74) is 0. The van der Waals surface area contributed by atoms with Crippen molar-refractivity contribution in [2.75, 3.05) is 19.4 Å². The molecule has 0 amide bonds. The molecule has 0 saturated carbocycles. The number of methoxy groups -OCH3 is 1. The third-order valence-corrected chi connectivity index (χ3v) is 3.52. The third kappa shape index (κ3) is 4.45. The third-order valence-electron chi connectivity index (χ3n) is 2.43. The molecule has 3 heteroatoms. The molecule has 0 fully saturated rings. The maximum atomic E-state index is 5.31. The highest BCUT2D eigenvalue weighted by molar-refractivity contribution is 7.99. The second-order valence-corrected chi connectivity index (χ2v) is 4.88. The smallest absolute Gasteiger partial charge is 0.132 e. The summed E-state index contributed by atoms with van der Waals surface area (Å²) in [6.45, 7) is 5.41. The Labute approximate surface area is 103 Å². The Morgan fingerprint density at radius 2 is 2.12 bits per heavy atom. The van der Waals surface area contributed by atoms with Gasteiger partial charge in [0.1, 0.15) is 5.75 Å². The van der Waals surface area contributed by atoms with Crippen molar-refractivity contribution in [2.24, 2.45) is 0 Å². The van der Waals surface area contributed by atoms with Crippen LogP contribution < -0.4 is 10.1 Å². The van der Waals surface area contributed by atoms with Crippen molar-refractivity contribution in [3.63, 3.8) is 0 Å². The van der Waals surface area contributed by atoms with E-state index in [0.29, 0.717) is 6.04 Å². The van der Waals surface area contributed by atoms with Gasteiger partial charge in [-0.1, -0.05) is 19.1 Å². The minimum absolute atomic E-state index is 0.590. The fourth-order valence-corrected chi connectivity index (χ4v) is 2.69. The summed E-state index contributed by atoms with van der Waals surface area (Å²) in [4.78, 5) is 1.23. The molecule has 0 aliphatic carbocycles. The van der Waals surface area contributed by atoms with Gasteiger partial charge in [-0.3, -0.25) is 0 Å². The van der Waals surface area contributed by atoms with Crippen molar-refractivity contribution in [1.82, 2.24) is 5.32 Å². The first kappa shape index (κ1) is 13.4. The van der Waals surface area contributed by atoms with Crippen LogP contribution in [0.3, 0.4) is 0 Å². The highest BCUT2D eigenvalue weighted by atomic mass is 32.2. The number of thioether (sulfide) groups is 1. The van der Waals surface area contributed by atoms with E-state index in [-0.39, 0.29) is 0 Å². The lowest BCUT2D eigenvalue weighted by atomic mass is 10.3. The Morgan fingerprint density at radius 1 is 1.38 bits per heavy atom. The summed E-state index contributed by atoms with van der Waals surface area (Å²) in [5.74, 6) is 2.10. The Kier molecular flexibility index (Phi) is 6.34. The van der Waals surface area contributed by atoms with E-state index in [9.17, 15) is 0 Å². The van der Waals surface area contributed by atoms with Crippen LogP contribution in [0.4, 0.5) is 0 Å². The highest BCUT2D eigenvalue weighted by Crippen LogP contribution is 2.29. The van der Waals surface area contributed by atoms with Gasteiger partial charge in [-0.05, 0) is 37.8 Å². The summed E-state index contributed by atoms with van der Waals surface area (Å²) in [6, 6.07) is 8.77. The van der Waals surface area contributed by atoms with E-state index in [1.54, 1.807) is 7.11 Å². The van der Waals surface area contributed by atoms with Crippen LogP contribution in [0.15, 0.2) is 29.2 Å². The molecule has 90 valence electrons. The highest BCUT2D eigenvalue weighted by Gasteiger charge is 2.04. The summed E-state index contributed by atoms with van der Waals surface area (Å²) in [7, 11) is 1.72. The van der Waals surface area contributed by atoms with Gasteiger partial charge in [0.15, 0.2) is 0 Å². The lowest BCUT2D eigenvalue weighted by Gasteiger charge is -2.12. The van der Waals surface area contributed by atoms with Crippen molar-refractivity contribution in [2.45, 2.75) is 31.2 Å². The molecule has 1 rings (SSSR count). The van der Waals surface area contributed by atoms with E-state index in [1.165, 1.54) is 11.3 Å².